The van der Waals surface area contributed by atoms with Crippen molar-refractivity contribution >= 4 is 38.4 Å². The van der Waals surface area contributed by atoms with Crippen LogP contribution in [0.1, 0.15) is 6.92 Å². The fraction of sp³-hybridized carbons (Fsp3) is 0.300. The Bertz CT molecular complexity index is 1060. The molecule has 0 bridgehead atoms. The zero-order valence-corrected chi connectivity index (χ0v) is 17.2. The van der Waals surface area contributed by atoms with Crippen molar-refractivity contribution in [3.05, 3.63) is 60.4 Å². The van der Waals surface area contributed by atoms with Gasteiger partial charge in [0.05, 0.1) is 23.2 Å². The summed E-state index contributed by atoms with van der Waals surface area (Å²) in [4.78, 5) is 18.4. The number of anilines is 1. The smallest absolute Gasteiger partial charge is 0.288 e. The zero-order valence-electron chi connectivity index (χ0n) is 15.6. The number of nitrogens with zero attached hydrogens (tertiary/aromatic N) is 2. The lowest BCUT2D eigenvalue weighted by atomic mass is 10.2. The highest BCUT2D eigenvalue weighted by molar-refractivity contribution is 8.16. The molecule has 29 heavy (non-hydrogen) atoms. The van der Waals surface area contributed by atoms with Gasteiger partial charge in [-0.15, -0.1) is 0 Å². The number of para-hydroxylation sites is 2. The Balaban J connectivity index is 1.63. The Morgan fingerprint density at radius 3 is 2.59 bits per heavy atom. The molecule has 2 saturated heterocycles. The van der Waals surface area contributed by atoms with Crippen LogP contribution in [0.5, 0.6) is 5.75 Å². The SMILES string of the molecule is C[C@@H](Oc1ccccc1)C(=O)N=C1S[C@H]2CS(=O)(=O)C[C@@H]2N1c1ccccc1F. The standard InChI is InChI=1S/C20H19FN2O4S2/c1-13(27-14-7-3-2-4-8-14)19(24)22-20-23(16-10-6-5-9-15(16)21)17-11-29(25,26)12-18(17)28-20/h2-10,13,17-18H,11-12H2,1H3/t13-,17+,18+/m1/s1. The lowest BCUT2D eigenvalue weighted by Gasteiger charge is -2.25. The number of benzene rings is 2. The molecule has 0 aliphatic carbocycles. The van der Waals surface area contributed by atoms with Crippen molar-refractivity contribution in [3.63, 3.8) is 0 Å². The van der Waals surface area contributed by atoms with Gasteiger partial charge < -0.3 is 9.64 Å². The Labute approximate surface area is 172 Å². The summed E-state index contributed by atoms with van der Waals surface area (Å²) in [5.41, 5.74) is 0.216. The van der Waals surface area contributed by atoms with Gasteiger partial charge in [0.2, 0.25) is 0 Å². The first-order valence-electron chi connectivity index (χ1n) is 9.09. The molecule has 0 N–H and O–H groups in total. The maximum atomic E-state index is 14.5. The van der Waals surface area contributed by atoms with Gasteiger partial charge in [-0.05, 0) is 31.2 Å². The Morgan fingerprint density at radius 1 is 1.17 bits per heavy atom. The minimum absolute atomic E-state index is 0.0173. The third-order valence-corrected chi connectivity index (χ3v) is 8.00. The molecule has 0 spiro atoms. The number of carbonyl (C=O) groups is 1. The second-order valence-corrected chi connectivity index (χ2v) is 10.3. The summed E-state index contributed by atoms with van der Waals surface area (Å²) in [6.45, 7) is 1.59. The van der Waals surface area contributed by atoms with Crippen LogP contribution in [0.15, 0.2) is 59.6 Å². The van der Waals surface area contributed by atoms with E-state index in [0.29, 0.717) is 10.9 Å². The molecule has 0 unspecified atom stereocenters. The molecule has 0 aromatic heterocycles. The Morgan fingerprint density at radius 2 is 1.86 bits per heavy atom. The molecular formula is C20H19FN2O4S2. The molecular weight excluding hydrogens is 415 g/mol. The number of hydrogen-bond acceptors (Lipinski definition) is 5. The monoisotopic (exact) mass is 434 g/mol. The van der Waals surface area contributed by atoms with Crippen molar-refractivity contribution in [2.45, 2.75) is 24.3 Å². The number of sulfone groups is 1. The van der Waals surface area contributed by atoms with E-state index in [1.807, 2.05) is 6.07 Å². The number of ether oxygens (including phenoxy) is 1. The van der Waals surface area contributed by atoms with E-state index in [1.165, 1.54) is 17.8 Å². The van der Waals surface area contributed by atoms with Crippen molar-refractivity contribution in [2.24, 2.45) is 4.99 Å². The summed E-state index contributed by atoms with van der Waals surface area (Å²) in [6.07, 6.45) is -0.836. The van der Waals surface area contributed by atoms with Crippen LogP contribution in [-0.4, -0.2) is 48.4 Å². The zero-order chi connectivity index (χ0) is 20.6. The summed E-state index contributed by atoms with van der Waals surface area (Å²) in [5.74, 6) is -0.576. The minimum atomic E-state index is -3.22. The van der Waals surface area contributed by atoms with Gasteiger partial charge in [-0.2, -0.15) is 4.99 Å². The minimum Gasteiger partial charge on any atom is -0.481 e. The second-order valence-electron chi connectivity index (χ2n) is 6.93. The van der Waals surface area contributed by atoms with Crippen LogP contribution in [0.3, 0.4) is 0 Å². The third kappa shape index (κ3) is 4.16. The van der Waals surface area contributed by atoms with Crippen LogP contribution < -0.4 is 9.64 Å². The molecule has 2 aliphatic heterocycles. The van der Waals surface area contributed by atoms with Crippen LogP contribution in [0.2, 0.25) is 0 Å². The molecule has 2 aromatic carbocycles. The molecule has 1 amide bonds. The molecule has 2 aliphatic rings. The predicted octanol–water partition coefficient (Wildman–Crippen LogP) is 2.89. The summed E-state index contributed by atoms with van der Waals surface area (Å²) >= 11 is 1.20. The number of aliphatic imine (C=N–C) groups is 1. The van der Waals surface area contributed by atoms with Crippen molar-refractivity contribution in [1.82, 2.24) is 0 Å². The fourth-order valence-electron chi connectivity index (χ4n) is 3.43. The number of carbonyl (C=O) groups excluding carboxylic acids is 1. The average Bonchev–Trinajstić information content (AvgIpc) is 3.14. The molecule has 0 radical (unpaired) electrons. The summed E-state index contributed by atoms with van der Waals surface area (Å²) in [6, 6.07) is 14.5. The molecule has 0 saturated carbocycles. The van der Waals surface area contributed by atoms with E-state index in [2.05, 4.69) is 4.99 Å². The van der Waals surface area contributed by atoms with Gasteiger partial charge in [-0.25, -0.2) is 12.8 Å². The third-order valence-electron chi connectivity index (χ3n) is 4.79. The van der Waals surface area contributed by atoms with Crippen molar-refractivity contribution in [3.8, 4) is 5.75 Å². The van der Waals surface area contributed by atoms with Crippen LogP contribution in [0, 0.1) is 5.82 Å². The van der Waals surface area contributed by atoms with Gasteiger partial charge in [0.25, 0.3) is 5.91 Å². The van der Waals surface area contributed by atoms with E-state index < -0.39 is 33.7 Å². The van der Waals surface area contributed by atoms with Gasteiger partial charge in [0.1, 0.15) is 11.6 Å². The fourth-order valence-corrected chi connectivity index (χ4v) is 7.34. The highest BCUT2D eigenvalue weighted by Crippen LogP contribution is 2.41. The number of thioether (sulfide) groups is 1. The highest BCUT2D eigenvalue weighted by Gasteiger charge is 2.50. The van der Waals surface area contributed by atoms with Gasteiger partial charge >= 0.3 is 0 Å². The van der Waals surface area contributed by atoms with Crippen LogP contribution in [0.25, 0.3) is 0 Å². The molecule has 4 rings (SSSR count). The molecule has 3 atom stereocenters. The van der Waals surface area contributed by atoms with E-state index in [4.69, 9.17) is 4.74 Å². The number of amidine groups is 1. The molecule has 2 heterocycles. The first kappa shape index (κ1) is 19.9. The first-order chi connectivity index (χ1) is 13.8. The molecule has 152 valence electrons. The molecule has 9 heteroatoms. The number of hydrogen-bond donors (Lipinski definition) is 0. The molecule has 2 fully saturated rings. The van der Waals surface area contributed by atoms with Gasteiger partial charge in [-0.3, -0.25) is 4.79 Å². The Kier molecular flexibility index (Phi) is 5.35. The number of halogens is 1. The predicted molar refractivity (Wildman–Crippen MR) is 112 cm³/mol. The topological polar surface area (TPSA) is 76.0 Å². The summed E-state index contributed by atoms with van der Waals surface area (Å²) < 4.78 is 44.3. The average molecular weight is 435 g/mol. The van der Waals surface area contributed by atoms with Gasteiger partial charge in [0.15, 0.2) is 21.1 Å². The van der Waals surface area contributed by atoms with E-state index in [-0.39, 0.29) is 22.4 Å². The normalized spacial score (nSPS) is 25.0. The van der Waals surface area contributed by atoms with Gasteiger partial charge in [0, 0.05) is 5.25 Å². The van der Waals surface area contributed by atoms with Crippen molar-refractivity contribution in [2.75, 3.05) is 16.4 Å². The molecule has 2 aromatic rings. The quantitative estimate of drug-likeness (QED) is 0.737. The van der Waals surface area contributed by atoms with Crippen LogP contribution >= 0.6 is 11.8 Å². The van der Waals surface area contributed by atoms with Crippen LogP contribution in [0.4, 0.5) is 10.1 Å². The van der Waals surface area contributed by atoms with E-state index in [1.54, 1.807) is 54.3 Å². The van der Waals surface area contributed by atoms with Gasteiger partial charge in [-0.1, -0.05) is 42.1 Å². The maximum Gasteiger partial charge on any atom is 0.288 e. The van der Waals surface area contributed by atoms with E-state index in [9.17, 15) is 17.6 Å². The molecule has 6 nitrogen and oxygen atoms in total. The van der Waals surface area contributed by atoms with Crippen LogP contribution in [-0.2, 0) is 14.6 Å². The first-order valence-corrected chi connectivity index (χ1v) is 11.8. The van der Waals surface area contributed by atoms with E-state index >= 15 is 0 Å². The van der Waals surface area contributed by atoms with Crippen molar-refractivity contribution in [1.29, 1.82) is 0 Å². The second kappa shape index (κ2) is 7.79. The number of fused-ring (bicyclic) bond motifs is 1. The highest BCUT2D eigenvalue weighted by atomic mass is 32.2. The van der Waals surface area contributed by atoms with E-state index in [0.717, 1.165) is 0 Å². The largest absolute Gasteiger partial charge is 0.481 e. The summed E-state index contributed by atoms with van der Waals surface area (Å²) in [5, 5.41) is 0.00464. The lowest BCUT2D eigenvalue weighted by molar-refractivity contribution is -0.123. The number of amides is 1. The Hall–Kier alpha value is -2.39. The number of rotatable bonds is 4. The maximum absolute atomic E-state index is 14.5. The lowest BCUT2D eigenvalue weighted by Crippen LogP contribution is -2.38. The van der Waals surface area contributed by atoms with Crippen molar-refractivity contribution < 1.29 is 22.3 Å². The summed E-state index contributed by atoms with van der Waals surface area (Å²) in [7, 11) is -3.22.